The summed E-state index contributed by atoms with van der Waals surface area (Å²) in [5.41, 5.74) is 15.8. The number of benzene rings is 9. The van der Waals surface area contributed by atoms with Gasteiger partial charge in [0.25, 0.3) is 6.33 Å². The van der Waals surface area contributed by atoms with Crippen LogP contribution in [0.25, 0.3) is 106 Å². The first-order valence-corrected chi connectivity index (χ1v) is 27.1. The van der Waals surface area contributed by atoms with Crippen LogP contribution in [0.1, 0.15) is 98.4 Å². The molecule has 398 valence electrons. The number of aryl methyl sites for hydroxylation is 2. The Labute approximate surface area is 493 Å². The van der Waals surface area contributed by atoms with E-state index in [1.165, 1.54) is 29.3 Å². The molecule has 0 bridgehead atoms. The molecule has 0 amide bonds. The summed E-state index contributed by atoms with van der Waals surface area (Å²) >= 11 is 0. The Balaban J connectivity index is 0.00000724. The van der Waals surface area contributed by atoms with Crippen LogP contribution in [-0.4, -0.2) is 14.1 Å². The minimum absolute atomic E-state index is 0. The zero-order valence-electron chi connectivity index (χ0n) is 52.4. The van der Waals surface area contributed by atoms with Crippen molar-refractivity contribution in [3.8, 4) is 84.3 Å². The molecule has 0 atom stereocenters. The second kappa shape index (κ2) is 19.6. The Morgan fingerprint density at radius 1 is 0.487 bits per heavy atom. The molecule has 12 aromatic rings. The van der Waals surface area contributed by atoms with E-state index in [-0.39, 0.29) is 54.0 Å². The molecule has 6 heteroatoms. The van der Waals surface area contributed by atoms with Crippen molar-refractivity contribution in [2.45, 2.75) is 92.3 Å². The summed E-state index contributed by atoms with van der Waals surface area (Å²) in [6.45, 7) is 14.8. The van der Waals surface area contributed by atoms with Gasteiger partial charge in [0.15, 0.2) is 0 Å². The molecule has 0 radical (unpaired) electrons. The molecule has 0 fully saturated rings. The zero-order chi connectivity index (χ0) is 59.7. The molecule has 0 saturated heterocycles. The largest absolute Gasteiger partial charge is 0.510 e. The normalized spacial score (nSPS) is 13.8. The van der Waals surface area contributed by atoms with Crippen molar-refractivity contribution in [3.63, 3.8) is 0 Å². The van der Waals surface area contributed by atoms with Crippen molar-refractivity contribution in [2.24, 2.45) is 0 Å². The van der Waals surface area contributed by atoms with Gasteiger partial charge in [-0.05, 0) is 149 Å². The Morgan fingerprint density at radius 3 is 1.75 bits per heavy atom. The van der Waals surface area contributed by atoms with Gasteiger partial charge < -0.3 is 13.9 Å². The summed E-state index contributed by atoms with van der Waals surface area (Å²) in [7, 11) is 0. The van der Waals surface area contributed by atoms with Crippen LogP contribution in [0, 0.1) is 32.2 Å². The summed E-state index contributed by atoms with van der Waals surface area (Å²) in [5, 5.41) is 2.07. The molecule has 4 heterocycles. The van der Waals surface area contributed by atoms with Crippen molar-refractivity contribution < 1.29 is 38.6 Å². The Hall–Kier alpha value is -8.11. The van der Waals surface area contributed by atoms with E-state index < -0.39 is 13.7 Å². The molecule has 1 aliphatic rings. The second-order valence-electron chi connectivity index (χ2n) is 24.1. The van der Waals surface area contributed by atoms with E-state index in [0.717, 1.165) is 88.9 Å². The zero-order valence-corrected chi connectivity index (χ0v) is 48.7. The number of para-hydroxylation sites is 2. The van der Waals surface area contributed by atoms with Gasteiger partial charge in [0, 0.05) is 52.5 Å². The smallest absolute Gasteiger partial charge is 0.268 e. The van der Waals surface area contributed by atoms with Crippen LogP contribution in [0.4, 0.5) is 0 Å². The van der Waals surface area contributed by atoms with Crippen LogP contribution in [0.2, 0.25) is 0 Å². The standard InChI is InChI=1S/C74H64N4O.Pt/c1-46-21-18-22-47(2)69(46)49-39-64-60-28-15-13-26-58(60)57-25-12-14-27-59(57)63-31-20-30-56(48-37-51(73(6,7)8)41-52(38-48)74(9,10)11)70(63)77-45-76(67(40-49)71(64)77)53-23-19-24-54(43-53)79-55-33-34-62-61-29-16-17-32-65(61)78(66(62)44-55)68-42-50(35-36-75-68)72(3,4)5;/h12-42H,1-11H3;/q-2;/i1D3,2D3;. The topological polar surface area (TPSA) is 35.9 Å². The summed E-state index contributed by atoms with van der Waals surface area (Å²) in [6, 6.07) is 68.2. The second-order valence-corrected chi connectivity index (χ2v) is 24.1. The first kappa shape index (κ1) is 45.7. The maximum Gasteiger partial charge on any atom is 0.268 e. The number of nitrogens with zero attached hydrogens (tertiary/aromatic N) is 4. The third-order valence-corrected chi connectivity index (χ3v) is 15.7. The monoisotopic (exact) mass is 1230 g/mol. The first-order valence-electron chi connectivity index (χ1n) is 30.1. The Kier molecular flexibility index (Phi) is 11.2. The van der Waals surface area contributed by atoms with E-state index in [0.29, 0.717) is 28.3 Å². The molecule has 5 nitrogen and oxygen atoms in total. The molecule has 0 spiro atoms. The Bertz CT molecular complexity index is 4620. The average Bonchev–Trinajstić information content (AvgIpc) is 1.54. The van der Waals surface area contributed by atoms with Gasteiger partial charge >= 0.3 is 0 Å². The fraction of sp³-hybridized carbons (Fsp3) is 0.189. The fourth-order valence-corrected chi connectivity index (χ4v) is 11.5. The van der Waals surface area contributed by atoms with Crippen molar-refractivity contribution in [2.75, 3.05) is 0 Å². The van der Waals surface area contributed by atoms with Gasteiger partial charge in [0.2, 0.25) is 0 Å². The SMILES string of the molecule is [2H]C([2H])([2H])c1cccc(C([2H])([2H])[2H])c1-c1cc2c3c(c1)n(-c1[c-]c(Oc4[c-]c5c(cc4)c4ccccc4n5-c4cc(C(C)(C)C)ccn4)ccc1)[c-][n+]3-c1c(-c3cc(C(C)(C)C)cc(C(C)(C)C)c3)cccc1-c1ccccc1-c1ccccc1-2.[Pt]. The van der Waals surface area contributed by atoms with Crippen LogP contribution in [0.3, 0.4) is 0 Å². The van der Waals surface area contributed by atoms with Crippen molar-refractivity contribution in [3.05, 3.63) is 234 Å². The van der Waals surface area contributed by atoms with Crippen molar-refractivity contribution >= 4 is 32.8 Å². The molecule has 80 heavy (non-hydrogen) atoms. The number of imidazole rings is 1. The van der Waals surface area contributed by atoms with Gasteiger partial charge in [-0.1, -0.05) is 195 Å². The number of fused-ring (bicyclic) bond motifs is 10. The van der Waals surface area contributed by atoms with E-state index in [1.54, 1.807) is 0 Å². The van der Waals surface area contributed by atoms with Gasteiger partial charge in [-0.15, -0.1) is 29.7 Å². The molecule has 0 unspecified atom stereocenters. The minimum atomic E-state index is -2.67. The van der Waals surface area contributed by atoms with E-state index in [1.807, 2.05) is 71.4 Å². The number of hydrogen-bond acceptors (Lipinski definition) is 2. The molecule has 0 N–H and O–H groups in total. The number of ether oxygens (including phenoxy) is 1. The quantitative estimate of drug-likeness (QED) is 0.123. The van der Waals surface area contributed by atoms with E-state index in [9.17, 15) is 0 Å². The Morgan fingerprint density at radius 2 is 1.07 bits per heavy atom. The molecule has 3 aromatic heterocycles. The van der Waals surface area contributed by atoms with Crippen LogP contribution < -0.4 is 9.30 Å². The molecule has 0 saturated carbocycles. The third kappa shape index (κ3) is 9.01. The summed E-state index contributed by atoms with van der Waals surface area (Å²) in [4.78, 5) is 4.89. The molecule has 0 aliphatic carbocycles. The van der Waals surface area contributed by atoms with Crippen molar-refractivity contribution in [1.29, 1.82) is 0 Å². The number of pyridine rings is 1. The van der Waals surface area contributed by atoms with Crippen LogP contribution in [0.5, 0.6) is 11.5 Å². The molecular weight excluding hydrogens is 1160 g/mol. The van der Waals surface area contributed by atoms with Crippen molar-refractivity contribution in [1.82, 2.24) is 14.1 Å². The number of rotatable bonds is 6. The summed E-state index contributed by atoms with van der Waals surface area (Å²) in [6.07, 6.45) is 5.77. The maximum absolute atomic E-state index is 8.89. The minimum Gasteiger partial charge on any atom is -0.510 e. The molecule has 9 aromatic carbocycles. The average molecular weight is 1230 g/mol. The van der Waals surface area contributed by atoms with Gasteiger partial charge in [0.05, 0.1) is 16.7 Å². The number of hydrogen-bond donors (Lipinski definition) is 0. The summed E-state index contributed by atoms with van der Waals surface area (Å²) in [5.74, 6) is 1.66. The van der Waals surface area contributed by atoms with E-state index >= 15 is 0 Å². The predicted octanol–water partition coefficient (Wildman–Crippen LogP) is 18.7. The first-order chi connectivity index (χ1) is 40.3. The third-order valence-electron chi connectivity index (χ3n) is 15.7. The maximum atomic E-state index is 8.89. The van der Waals surface area contributed by atoms with Gasteiger partial charge in [-0.3, -0.25) is 4.57 Å². The predicted molar refractivity (Wildman–Crippen MR) is 326 cm³/mol. The molecule has 13 rings (SSSR count). The fourth-order valence-electron chi connectivity index (χ4n) is 11.5. The van der Waals surface area contributed by atoms with Gasteiger partial charge in [-0.2, -0.15) is 18.2 Å². The van der Waals surface area contributed by atoms with Gasteiger partial charge in [0.1, 0.15) is 5.82 Å². The number of aromatic nitrogens is 4. The van der Waals surface area contributed by atoms with Crippen LogP contribution in [-0.2, 0) is 37.3 Å². The van der Waals surface area contributed by atoms with E-state index in [2.05, 4.69) is 193 Å². The van der Waals surface area contributed by atoms with Crippen LogP contribution >= 0.6 is 0 Å². The summed E-state index contributed by atoms with van der Waals surface area (Å²) < 4.78 is 66.4. The molecular formula is C74H64N4OPt-2. The van der Waals surface area contributed by atoms with Gasteiger partial charge in [-0.25, -0.2) is 4.98 Å². The van der Waals surface area contributed by atoms with Crippen LogP contribution in [0.15, 0.2) is 188 Å². The molecule has 1 aliphatic heterocycles. The van der Waals surface area contributed by atoms with E-state index in [4.69, 9.17) is 17.9 Å².